The molecule has 2 aliphatic rings. The first-order chi connectivity index (χ1) is 18.7. The van der Waals surface area contributed by atoms with Crippen molar-refractivity contribution >= 4 is 29.1 Å². The monoisotopic (exact) mass is 555 g/mol. The molecule has 39 heavy (non-hydrogen) atoms. The van der Waals surface area contributed by atoms with E-state index in [4.69, 9.17) is 11.6 Å². The maximum Gasteiger partial charge on any atom is 0.434 e. The first kappa shape index (κ1) is 26.9. The lowest BCUT2D eigenvalue weighted by atomic mass is 9.83. The van der Waals surface area contributed by atoms with Crippen molar-refractivity contribution < 1.29 is 27.5 Å². The van der Waals surface area contributed by atoms with E-state index in [1.54, 1.807) is 24.3 Å². The van der Waals surface area contributed by atoms with Crippen LogP contribution in [0.5, 0.6) is 0 Å². The van der Waals surface area contributed by atoms with Gasteiger partial charge in [0, 0.05) is 29.8 Å². The van der Waals surface area contributed by atoms with Gasteiger partial charge in [-0.3, -0.25) is 9.79 Å². The Labute approximate surface area is 228 Å². The van der Waals surface area contributed by atoms with Crippen LogP contribution in [0.25, 0.3) is 11.1 Å². The predicted octanol–water partition coefficient (Wildman–Crippen LogP) is 7.18. The lowest BCUT2D eigenvalue weighted by Gasteiger charge is -2.22. The van der Waals surface area contributed by atoms with Gasteiger partial charge in [0.05, 0.1) is 19.0 Å². The number of methoxy groups -OCH3 is 1. The smallest absolute Gasteiger partial charge is 0.434 e. The van der Waals surface area contributed by atoms with Crippen LogP contribution in [-0.4, -0.2) is 34.4 Å². The molecule has 0 radical (unpaired) electrons. The van der Waals surface area contributed by atoms with Crippen LogP contribution in [-0.2, 0) is 15.7 Å². The van der Waals surface area contributed by atoms with Gasteiger partial charge in [-0.1, -0.05) is 48.0 Å². The second-order valence-electron chi connectivity index (χ2n) is 9.60. The Balaban J connectivity index is 1.50. The lowest BCUT2D eigenvalue weighted by Crippen LogP contribution is -2.23. The van der Waals surface area contributed by atoms with Gasteiger partial charge in [-0.25, -0.2) is 9.48 Å². The number of ketones is 1. The third-order valence-electron chi connectivity index (χ3n) is 7.16. The fourth-order valence-corrected chi connectivity index (χ4v) is 5.36. The molecule has 1 aromatic heterocycles. The second kappa shape index (κ2) is 10.8. The van der Waals surface area contributed by atoms with E-state index in [0.29, 0.717) is 40.8 Å². The van der Waals surface area contributed by atoms with Gasteiger partial charge in [-0.15, -0.1) is 0 Å². The van der Waals surface area contributed by atoms with Crippen LogP contribution in [0.2, 0.25) is 5.02 Å². The van der Waals surface area contributed by atoms with Gasteiger partial charge in [0.25, 0.3) is 0 Å². The van der Waals surface area contributed by atoms with Crippen LogP contribution in [0.1, 0.15) is 71.4 Å². The summed E-state index contributed by atoms with van der Waals surface area (Å²) in [5.41, 5.74) is 2.14. The number of alkyl halides is 3. The van der Waals surface area contributed by atoms with Crippen LogP contribution in [0.4, 0.5) is 13.2 Å². The fourth-order valence-electron chi connectivity index (χ4n) is 5.19. The molecule has 1 saturated carbocycles. The Kier molecular flexibility index (Phi) is 7.44. The van der Waals surface area contributed by atoms with E-state index in [9.17, 15) is 22.8 Å². The number of esters is 1. The maximum absolute atomic E-state index is 14.0. The van der Waals surface area contributed by atoms with Crippen molar-refractivity contribution in [2.45, 2.75) is 50.4 Å². The van der Waals surface area contributed by atoms with Gasteiger partial charge >= 0.3 is 12.1 Å². The van der Waals surface area contributed by atoms with Gasteiger partial charge in [0.1, 0.15) is 17.5 Å². The third kappa shape index (κ3) is 5.54. The van der Waals surface area contributed by atoms with E-state index in [2.05, 4.69) is 27.0 Å². The van der Waals surface area contributed by atoms with Crippen molar-refractivity contribution in [3.8, 4) is 11.1 Å². The van der Waals surface area contributed by atoms with Crippen molar-refractivity contribution in [2.24, 2.45) is 4.99 Å². The second-order valence-corrected chi connectivity index (χ2v) is 10.0. The largest absolute Gasteiger partial charge is 0.465 e. The number of dihydropyridines is 1. The molecular formula is C29H25ClF3N3O3. The van der Waals surface area contributed by atoms with E-state index in [0.717, 1.165) is 42.0 Å². The number of carbonyl (C=O) groups is 2. The van der Waals surface area contributed by atoms with E-state index < -0.39 is 29.6 Å². The van der Waals surface area contributed by atoms with Crippen molar-refractivity contribution in [1.82, 2.24) is 9.78 Å². The first-order valence-electron chi connectivity index (χ1n) is 12.5. The summed E-state index contributed by atoms with van der Waals surface area (Å²) in [6.45, 7) is 0. The van der Waals surface area contributed by atoms with Gasteiger partial charge in [-0.05, 0) is 53.7 Å². The number of benzene rings is 2. The molecule has 1 aliphatic carbocycles. The van der Waals surface area contributed by atoms with Crippen molar-refractivity contribution in [3.05, 3.63) is 88.2 Å². The quantitative estimate of drug-likeness (QED) is 0.312. The summed E-state index contributed by atoms with van der Waals surface area (Å²) in [7, 11) is 1.02. The molecule has 0 N–H and O–H groups in total. The molecular weight excluding hydrogens is 531 g/mol. The zero-order chi connectivity index (χ0) is 27.7. The van der Waals surface area contributed by atoms with Gasteiger partial charge in [0.15, 0.2) is 5.69 Å². The molecule has 2 aromatic carbocycles. The van der Waals surface area contributed by atoms with Gasteiger partial charge in [-0.2, -0.15) is 18.3 Å². The van der Waals surface area contributed by atoms with Crippen molar-refractivity contribution in [2.75, 3.05) is 7.11 Å². The Morgan fingerprint density at radius 1 is 1.08 bits per heavy atom. The molecule has 2 heterocycles. The van der Waals surface area contributed by atoms with Crippen molar-refractivity contribution in [3.63, 3.8) is 0 Å². The van der Waals surface area contributed by atoms with Crippen LogP contribution < -0.4 is 0 Å². The molecule has 0 saturated heterocycles. The van der Waals surface area contributed by atoms with Gasteiger partial charge < -0.3 is 4.74 Å². The molecule has 0 spiro atoms. The molecule has 0 bridgehead atoms. The third-order valence-corrected chi connectivity index (χ3v) is 7.39. The van der Waals surface area contributed by atoms with Crippen LogP contribution in [0.3, 0.4) is 0 Å². The summed E-state index contributed by atoms with van der Waals surface area (Å²) < 4.78 is 47.2. The Morgan fingerprint density at radius 2 is 1.79 bits per heavy atom. The van der Waals surface area contributed by atoms with Crippen LogP contribution >= 0.6 is 11.6 Å². The fraction of sp³-hybridized carbons (Fsp3) is 0.310. The minimum absolute atomic E-state index is 0.156. The number of allylic oxidation sites excluding steroid dienone is 1. The van der Waals surface area contributed by atoms with E-state index in [-0.39, 0.29) is 6.42 Å². The zero-order valence-electron chi connectivity index (χ0n) is 21.0. The maximum atomic E-state index is 14.0. The number of hydrogen-bond donors (Lipinski definition) is 0. The summed E-state index contributed by atoms with van der Waals surface area (Å²) in [6.07, 6.45) is 1.52. The number of hydrogen-bond acceptors (Lipinski definition) is 5. The van der Waals surface area contributed by atoms with Crippen molar-refractivity contribution in [1.29, 1.82) is 0 Å². The average Bonchev–Trinajstić information content (AvgIpc) is 3.40. The number of Topliss-reactive ketones (excluding diaryl/α,β-unsaturated/α-hetero) is 1. The summed E-state index contributed by atoms with van der Waals surface area (Å²) in [6, 6.07) is 13.5. The number of rotatable bonds is 5. The Hall–Kier alpha value is -3.72. The van der Waals surface area contributed by atoms with Crippen LogP contribution in [0, 0.1) is 0 Å². The molecule has 0 amide bonds. The lowest BCUT2D eigenvalue weighted by molar-refractivity contribution is -0.145. The van der Waals surface area contributed by atoms with Crippen LogP contribution in [0.15, 0.2) is 65.8 Å². The Bertz CT molecular complexity index is 1470. The summed E-state index contributed by atoms with van der Waals surface area (Å²) in [4.78, 5) is 28.2. The highest BCUT2D eigenvalue weighted by atomic mass is 35.5. The van der Waals surface area contributed by atoms with Gasteiger partial charge in [0.2, 0.25) is 0 Å². The number of nitrogens with zero attached hydrogens (tertiary/aromatic N) is 3. The number of ether oxygens (including phenoxy) is 1. The molecule has 6 nitrogen and oxygen atoms in total. The molecule has 1 aliphatic heterocycles. The average molecular weight is 556 g/mol. The highest BCUT2D eigenvalue weighted by Gasteiger charge is 2.42. The minimum atomic E-state index is -4.84. The molecule has 5 rings (SSSR count). The number of halogens is 4. The number of carbonyl (C=O) groups excluding carboxylic acids is 2. The molecule has 3 aromatic rings. The van der Waals surface area contributed by atoms with E-state index in [1.807, 2.05) is 18.2 Å². The molecule has 1 atom stereocenters. The number of aromatic nitrogens is 2. The summed E-state index contributed by atoms with van der Waals surface area (Å²) in [5, 5.41) is 4.33. The zero-order valence-corrected chi connectivity index (χ0v) is 21.8. The SMILES string of the molecule is COC(=O)c1cnn(C2CC=CC(c3cc(Cl)ccc3-c3ccc(C4CCC(=O)CC4)cc3)=N2)c1C(F)(F)F. The Morgan fingerprint density at radius 3 is 2.46 bits per heavy atom. The van der Waals surface area contributed by atoms with E-state index in [1.165, 1.54) is 5.56 Å². The van der Waals surface area contributed by atoms with E-state index >= 15 is 0 Å². The molecule has 10 heteroatoms. The highest BCUT2D eigenvalue weighted by molar-refractivity contribution is 6.31. The number of aliphatic imine (C=N–C) groups is 1. The summed E-state index contributed by atoms with van der Waals surface area (Å²) >= 11 is 6.33. The summed E-state index contributed by atoms with van der Waals surface area (Å²) in [5.74, 6) is -0.462. The minimum Gasteiger partial charge on any atom is -0.465 e. The molecule has 202 valence electrons. The first-order valence-corrected chi connectivity index (χ1v) is 12.9. The highest BCUT2D eigenvalue weighted by Crippen LogP contribution is 2.37. The topological polar surface area (TPSA) is 73.5 Å². The molecule has 1 unspecified atom stereocenters. The standard InChI is InChI=1S/C29H25ClF3N3O3/c1-39-28(38)24-16-34-36(27(24)29(31,32)33)26-4-2-3-25(35-26)23-15-20(30)11-14-22(23)19-7-5-17(6-8-19)18-9-12-21(37)13-10-18/h2-3,5-8,11,14-16,18,26H,4,9-10,12-13H2,1H3. The predicted molar refractivity (Wildman–Crippen MR) is 141 cm³/mol. The molecule has 1 fully saturated rings. The normalized spacial score (nSPS) is 18.2.